The summed E-state index contributed by atoms with van der Waals surface area (Å²) in [6.07, 6.45) is 4.79. The molecule has 2 atom stereocenters. The molecule has 0 saturated heterocycles. The summed E-state index contributed by atoms with van der Waals surface area (Å²) in [7, 11) is 0. The second kappa shape index (κ2) is 7.58. The Bertz CT molecular complexity index is 569. The summed E-state index contributed by atoms with van der Waals surface area (Å²) in [6.45, 7) is 7.46. The summed E-state index contributed by atoms with van der Waals surface area (Å²) in [6, 6.07) is 10.7. The zero-order valence-electron chi connectivity index (χ0n) is 12.9. The average molecular weight is 303 g/mol. The normalized spacial score (nSPS) is 13.9. The lowest BCUT2D eigenvalue weighted by atomic mass is 9.88. The molecule has 0 bridgehead atoms. The molecule has 1 N–H and O–H groups in total. The van der Waals surface area contributed by atoms with Crippen molar-refractivity contribution in [3.8, 4) is 0 Å². The van der Waals surface area contributed by atoms with Crippen molar-refractivity contribution in [1.29, 1.82) is 0 Å². The van der Waals surface area contributed by atoms with Crippen LogP contribution < -0.4 is 5.32 Å². The number of nitrogens with zero attached hydrogens (tertiary/aromatic N) is 1. The van der Waals surface area contributed by atoms with Crippen LogP contribution in [0, 0.1) is 6.92 Å². The van der Waals surface area contributed by atoms with E-state index in [9.17, 15) is 0 Å². The smallest absolute Gasteiger partial charge is 0.0456 e. The van der Waals surface area contributed by atoms with Crippen molar-refractivity contribution in [2.24, 2.45) is 0 Å². The highest BCUT2D eigenvalue weighted by Crippen LogP contribution is 2.34. The van der Waals surface area contributed by atoms with Crippen LogP contribution >= 0.6 is 11.6 Å². The van der Waals surface area contributed by atoms with Gasteiger partial charge in [0.25, 0.3) is 0 Å². The van der Waals surface area contributed by atoms with Gasteiger partial charge in [0.1, 0.15) is 0 Å². The first kappa shape index (κ1) is 16.0. The molecule has 1 heterocycles. The van der Waals surface area contributed by atoms with Crippen LogP contribution in [0.4, 0.5) is 0 Å². The minimum Gasteiger partial charge on any atom is -0.309 e. The minimum atomic E-state index is 0.209. The molecular formula is C18H23ClN2. The zero-order chi connectivity index (χ0) is 15.2. The van der Waals surface area contributed by atoms with Gasteiger partial charge in [-0.25, -0.2) is 0 Å². The Morgan fingerprint density at radius 1 is 1.19 bits per heavy atom. The number of nitrogens with one attached hydrogen (secondary N) is 1. The van der Waals surface area contributed by atoms with Crippen LogP contribution in [0.5, 0.6) is 0 Å². The van der Waals surface area contributed by atoms with Gasteiger partial charge in [0.2, 0.25) is 0 Å². The van der Waals surface area contributed by atoms with Crippen LogP contribution in [0.15, 0.2) is 42.7 Å². The SMILES string of the molecule is CCCNC(c1ccc(C)cc1Cl)C(C)c1ccncc1. The van der Waals surface area contributed by atoms with Gasteiger partial charge in [0.15, 0.2) is 0 Å². The van der Waals surface area contributed by atoms with Gasteiger partial charge in [-0.1, -0.05) is 37.6 Å². The Balaban J connectivity index is 2.33. The van der Waals surface area contributed by atoms with E-state index in [0.29, 0.717) is 5.92 Å². The number of halogens is 1. The molecule has 0 saturated carbocycles. The molecule has 21 heavy (non-hydrogen) atoms. The highest BCUT2D eigenvalue weighted by atomic mass is 35.5. The predicted octanol–water partition coefficient (Wildman–Crippen LogP) is 4.89. The number of rotatable bonds is 6. The van der Waals surface area contributed by atoms with Crippen LogP contribution in [0.1, 0.15) is 48.9 Å². The minimum absolute atomic E-state index is 0.209. The third kappa shape index (κ3) is 4.05. The molecular weight excluding hydrogens is 280 g/mol. The van der Waals surface area contributed by atoms with Gasteiger partial charge in [-0.05, 0) is 54.8 Å². The fraction of sp³-hybridized carbons (Fsp3) is 0.389. The Kier molecular flexibility index (Phi) is 5.77. The van der Waals surface area contributed by atoms with Gasteiger partial charge in [0.05, 0.1) is 0 Å². The lowest BCUT2D eigenvalue weighted by Gasteiger charge is -2.27. The summed E-state index contributed by atoms with van der Waals surface area (Å²) in [4.78, 5) is 4.10. The highest BCUT2D eigenvalue weighted by molar-refractivity contribution is 6.31. The van der Waals surface area contributed by atoms with Crippen LogP contribution in [0.2, 0.25) is 5.02 Å². The van der Waals surface area contributed by atoms with E-state index in [1.807, 2.05) is 18.5 Å². The van der Waals surface area contributed by atoms with E-state index in [1.165, 1.54) is 16.7 Å². The molecule has 1 aromatic carbocycles. The molecule has 0 spiro atoms. The summed E-state index contributed by atoms with van der Waals surface area (Å²) in [5, 5.41) is 4.48. The molecule has 0 amide bonds. The molecule has 2 aromatic rings. The maximum atomic E-state index is 6.48. The molecule has 0 radical (unpaired) electrons. The van der Waals surface area contributed by atoms with Crippen molar-refractivity contribution in [1.82, 2.24) is 10.3 Å². The largest absolute Gasteiger partial charge is 0.309 e. The second-order valence-electron chi connectivity index (χ2n) is 5.53. The monoisotopic (exact) mass is 302 g/mol. The summed E-state index contributed by atoms with van der Waals surface area (Å²) in [5.74, 6) is 0.333. The van der Waals surface area contributed by atoms with E-state index in [4.69, 9.17) is 11.6 Å². The van der Waals surface area contributed by atoms with Gasteiger partial charge in [-0.15, -0.1) is 0 Å². The first-order valence-corrected chi connectivity index (χ1v) is 7.90. The highest BCUT2D eigenvalue weighted by Gasteiger charge is 2.22. The molecule has 0 aliphatic carbocycles. The molecule has 2 nitrogen and oxygen atoms in total. The standard InChI is InChI=1S/C18H23ClN2/c1-4-9-21-18(14(3)15-7-10-20-11-8-15)16-6-5-13(2)12-17(16)19/h5-8,10-12,14,18,21H,4,9H2,1-3H3. The molecule has 1 aromatic heterocycles. The van der Waals surface area contributed by atoms with Crippen LogP contribution in [0.25, 0.3) is 0 Å². The third-order valence-corrected chi connectivity index (χ3v) is 4.16. The van der Waals surface area contributed by atoms with E-state index >= 15 is 0 Å². The van der Waals surface area contributed by atoms with E-state index in [2.05, 4.69) is 55.3 Å². The fourth-order valence-electron chi connectivity index (χ4n) is 2.60. The van der Waals surface area contributed by atoms with E-state index in [-0.39, 0.29) is 6.04 Å². The van der Waals surface area contributed by atoms with Crippen molar-refractivity contribution >= 4 is 11.6 Å². The molecule has 2 rings (SSSR count). The number of aromatic nitrogens is 1. The van der Waals surface area contributed by atoms with Gasteiger partial charge < -0.3 is 5.32 Å². The Labute approximate surface area is 132 Å². The predicted molar refractivity (Wildman–Crippen MR) is 89.9 cm³/mol. The molecule has 3 heteroatoms. The second-order valence-corrected chi connectivity index (χ2v) is 5.93. The van der Waals surface area contributed by atoms with Crippen molar-refractivity contribution in [2.45, 2.75) is 39.2 Å². The van der Waals surface area contributed by atoms with Gasteiger partial charge >= 0.3 is 0 Å². The van der Waals surface area contributed by atoms with Gasteiger partial charge in [0, 0.05) is 29.4 Å². The summed E-state index contributed by atoms with van der Waals surface area (Å²) < 4.78 is 0. The number of pyridine rings is 1. The number of aryl methyl sites for hydroxylation is 1. The van der Waals surface area contributed by atoms with Crippen LogP contribution in [-0.4, -0.2) is 11.5 Å². The Hall–Kier alpha value is -1.38. The van der Waals surface area contributed by atoms with Gasteiger partial charge in [-0.3, -0.25) is 4.98 Å². The molecule has 112 valence electrons. The van der Waals surface area contributed by atoms with Crippen molar-refractivity contribution in [3.63, 3.8) is 0 Å². The lowest BCUT2D eigenvalue weighted by Crippen LogP contribution is -2.27. The number of benzene rings is 1. The first-order chi connectivity index (χ1) is 10.1. The summed E-state index contributed by atoms with van der Waals surface area (Å²) >= 11 is 6.48. The Morgan fingerprint density at radius 3 is 2.52 bits per heavy atom. The fourth-order valence-corrected chi connectivity index (χ4v) is 2.95. The average Bonchev–Trinajstić information content (AvgIpc) is 2.50. The van der Waals surface area contributed by atoms with Crippen LogP contribution in [-0.2, 0) is 0 Å². The Morgan fingerprint density at radius 2 is 1.90 bits per heavy atom. The van der Waals surface area contributed by atoms with Crippen LogP contribution in [0.3, 0.4) is 0 Å². The van der Waals surface area contributed by atoms with E-state index < -0.39 is 0 Å². The van der Waals surface area contributed by atoms with Crippen molar-refractivity contribution < 1.29 is 0 Å². The van der Waals surface area contributed by atoms with E-state index in [0.717, 1.165) is 18.0 Å². The number of hydrogen-bond donors (Lipinski definition) is 1. The summed E-state index contributed by atoms with van der Waals surface area (Å²) in [5.41, 5.74) is 3.63. The first-order valence-electron chi connectivity index (χ1n) is 7.52. The maximum absolute atomic E-state index is 6.48. The zero-order valence-corrected chi connectivity index (χ0v) is 13.7. The maximum Gasteiger partial charge on any atom is 0.0456 e. The number of hydrogen-bond acceptors (Lipinski definition) is 2. The van der Waals surface area contributed by atoms with Crippen molar-refractivity contribution in [3.05, 3.63) is 64.4 Å². The molecule has 0 aliphatic rings. The van der Waals surface area contributed by atoms with Crippen molar-refractivity contribution in [2.75, 3.05) is 6.54 Å². The van der Waals surface area contributed by atoms with Gasteiger partial charge in [-0.2, -0.15) is 0 Å². The molecule has 0 fully saturated rings. The molecule has 0 aliphatic heterocycles. The topological polar surface area (TPSA) is 24.9 Å². The molecule has 2 unspecified atom stereocenters. The lowest BCUT2D eigenvalue weighted by molar-refractivity contribution is 0.466. The quantitative estimate of drug-likeness (QED) is 0.822. The third-order valence-electron chi connectivity index (χ3n) is 3.84. The van der Waals surface area contributed by atoms with E-state index in [1.54, 1.807) is 0 Å².